The van der Waals surface area contributed by atoms with Gasteiger partial charge < -0.3 is 9.47 Å². The predicted molar refractivity (Wildman–Crippen MR) is 109 cm³/mol. The number of pyridine rings is 1. The third kappa shape index (κ3) is 4.92. The zero-order chi connectivity index (χ0) is 23.5. The Morgan fingerprint density at radius 3 is 2.24 bits per heavy atom. The van der Waals surface area contributed by atoms with E-state index in [2.05, 4.69) is 14.8 Å². The van der Waals surface area contributed by atoms with E-state index in [0.717, 1.165) is 16.8 Å². The fourth-order valence-electron chi connectivity index (χ4n) is 3.11. The van der Waals surface area contributed by atoms with Crippen molar-refractivity contribution in [2.75, 3.05) is 6.61 Å². The summed E-state index contributed by atoms with van der Waals surface area (Å²) in [4.78, 5) is 17.5. The summed E-state index contributed by atoms with van der Waals surface area (Å²) in [6.45, 7) is -3.92. The van der Waals surface area contributed by atoms with Crippen molar-refractivity contribution >= 4 is 11.0 Å². The standard InChI is InChI=1S/C22H14F5N3O3/c23-13-3-5-14(6-4-13)30-21(31)19(12-1-7-15(8-2-12)33-22(26)27)20-16(29-30)9-10-18(28-20)32-11-17(24)25/h1-10,17,22H,11H2. The monoisotopic (exact) mass is 463 g/mol. The normalized spacial score (nSPS) is 11.4. The van der Waals surface area contributed by atoms with Crippen molar-refractivity contribution in [2.45, 2.75) is 13.0 Å². The first kappa shape index (κ1) is 22.2. The van der Waals surface area contributed by atoms with Crippen LogP contribution in [-0.2, 0) is 0 Å². The highest BCUT2D eigenvalue weighted by atomic mass is 19.3. The molecule has 0 aliphatic heterocycles. The average Bonchev–Trinajstić information content (AvgIpc) is 2.78. The summed E-state index contributed by atoms with van der Waals surface area (Å²) in [5, 5.41) is 4.25. The molecule has 0 aliphatic rings. The SMILES string of the molecule is O=c1c(-c2ccc(OC(F)F)cc2)c2nc(OCC(F)F)ccc2nn1-c1ccc(F)cc1. The second-order valence-electron chi connectivity index (χ2n) is 6.69. The van der Waals surface area contributed by atoms with Crippen LogP contribution < -0.4 is 15.0 Å². The van der Waals surface area contributed by atoms with E-state index in [-0.39, 0.29) is 39.5 Å². The molecule has 0 aliphatic carbocycles. The van der Waals surface area contributed by atoms with Gasteiger partial charge in [0, 0.05) is 6.07 Å². The molecule has 0 spiro atoms. The van der Waals surface area contributed by atoms with Gasteiger partial charge in [-0.25, -0.2) is 18.2 Å². The number of hydrogen-bond donors (Lipinski definition) is 0. The number of benzene rings is 2. The highest BCUT2D eigenvalue weighted by Gasteiger charge is 2.18. The van der Waals surface area contributed by atoms with Crippen LogP contribution >= 0.6 is 0 Å². The lowest BCUT2D eigenvalue weighted by Crippen LogP contribution is -2.23. The van der Waals surface area contributed by atoms with Gasteiger partial charge in [-0.2, -0.15) is 18.6 Å². The molecule has 11 heteroatoms. The van der Waals surface area contributed by atoms with Crippen molar-refractivity contribution in [3.63, 3.8) is 0 Å². The number of ether oxygens (including phenoxy) is 2. The summed E-state index contributed by atoms with van der Waals surface area (Å²) < 4.78 is 73.7. The maximum absolute atomic E-state index is 13.4. The van der Waals surface area contributed by atoms with Crippen LogP contribution in [0, 0.1) is 5.82 Å². The molecule has 0 fully saturated rings. The summed E-state index contributed by atoms with van der Waals surface area (Å²) in [6.07, 6.45) is -2.73. The van der Waals surface area contributed by atoms with Crippen LogP contribution in [0.15, 0.2) is 65.5 Å². The van der Waals surface area contributed by atoms with Gasteiger partial charge in [-0.3, -0.25) is 4.79 Å². The first-order valence-corrected chi connectivity index (χ1v) is 9.48. The van der Waals surface area contributed by atoms with Crippen molar-refractivity contribution in [1.82, 2.24) is 14.8 Å². The van der Waals surface area contributed by atoms with Gasteiger partial charge in [0.15, 0.2) is 6.61 Å². The molecule has 0 saturated heterocycles. The number of aromatic nitrogens is 3. The van der Waals surface area contributed by atoms with Crippen LogP contribution in [-0.4, -0.2) is 34.4 Å². The average molecular weight is 463 g/mol. The Hall–Kier alpha value is -4.02. The third-order valence-corrected chi connectivity index (χ3v) is 4.50. The maximum Gasteiger partial charge on any atom is 0.387 e. The largest absolute Gasteiger partial charge is 0.472 e. The minimum atomic E-state index is -3.02. The molecule has 0 bridgehead atoms. The molecule has 33 heavy (non-hydrogen) atoms. The minimum Gasteiger partial charge on any atom is -0.472 e. The van der Waals surface area contributed by atoms with Crippen LogP contribution in [0.3, 0.4) is 0 Å². The van der Waals surface area contributed by atoms with Gasteiger partial charge in [0.25, 0.3) is 12.0 Å². The number of nitrogens with zero attached hydrogens (tertiary/aromatic N) is 3. The third-order valence-electron chi connectivity index (χ3n) is 4.50. The van der Waals surface area contributed by atoms with Crippen LogP contribution in [0.1, 0.15) is 0 Å². The van der Waals surface area contributed by atoms with Gasteiger partial charge in [0.05, 0.1) is 11.3 Å². The van der Waals surface area contributed by atoms with Crippen molar-refractivity contribution in [3.8, 4) is 28.4 Å². The Labute approximate surface area is 182 Å². The zero-order valence-electron chi connectivity index (χ0n) is 16.6. The van der Waals surface area contributed by atoms with E-state index in [0.29, 0.717) is 0 Å². The Bertz CT molecular complexity index is 1330. The molecule has 0 N–H and O–H groups in total. The van der Waals surface area contributed by atoms with E-state index in [1.165, 1.54) is 48.5 Å². The summed E-state index contributed by atoms with van der Waals surface area (Å²) in [6, 6.07) is 13.0. The minimum absolute atomic E-state index is 0.00965. The number of rotatable bonds is 7. The van der Waals surface area contributed by atoms with Gasteiger partial charge in [0.1, 0.15) is 22.6 Å². The number of fused-ring (bicyclic) bond motifs is 1. The quantitative estimate of drug-likeness (QED) is 0.368. The summed E-state index contributed by atoms with van der Waals surface area (Å²) >= 11 is 0. The first-order valence-electron chi connectivity index (χ1n) is 9.48. The van der Waals surface area contributed by atoms with Gasteiger partial charge in [-0.1, -0.05) is 12.1 Å². The molecule has 170 valence electrons. The molecule has 0 unspecified atom stereocenters. The zero-order valence-corrected chi connectivity index (χ0v) is 16.6. The molecule has 2 aromatic carbocycles. The Morgan fingerprint density at radius 2 is 1.61 bits per heavy atom. The Kier molecular flexibility index (Phi) is 6.20. The number of alkyl halides is 4. The van der Waals surface area contributed by atoms with Crippen molar-refractivity contribution in [2.24, 2.45) is 0 Å². The fourth-order valence-corrected chi connectivity index (χ4v) is 3.11. The lowest BCUT2D eigenvalue weighted by molar-refractivity contribution is -0.0498. The van der Waals surface area contributed by atoms with Crippen molar-refractivity contribution < 1.29 is 31.4 Å². The van der Waals surface area contributed by atoms with Gasteiger partial charge in [-0.05, 0) is 48.0 Å². The Balaban J connectivity index is 1.91. The summed E-state index contributed by atoms with van der Waals surface area (Å²) in [5.41, 5.74) is 0.160. The topological polar surface area (TPSA) is 66.2 Å². The molecular weight excluding hydrogens is 449 g/mol. The predicted octanol–water partition coefficient (Wildman–Crippen LogP) is 4.83. The smallest absolute Gasteiger partial charge is 0.387 e. The number of halogens is 5. The second-order valence-corrected chi connectivity index (χ2v) is 6.69. The molecule has 2 heterocycles. The van der Waals surface area contributed by atoms with Crippen LogP contribution in [0.2, 0.25) is 0 Å². The maximum atomic E-state index is 13.4. The van der Waals surface area contributed by atoms with Crippen LogP contribution in [0.4, 0.5) is 22.0 Å². The fraction of sp³-hybridized carbons (Fsp3) is 0.136. The van der Waals surface area contributed by atoms with Crippen molar-refractivity contribution in [1.29, 1.82) is 0 Å². The molecule has 2 aromatic heterocycles. The molecule has 0 amide bonds. The van der Waals surface area contributed by atoms with Crippen LogP contribution in [0.5, 0.6) is 11.6 Å². The summed E-state index contributed by atoms with van der Waals surface area (Å²) in [5.74, 6) is -0.785. The molecule has 4 aromatic rings. The van der Waals surface area contributed by atoms with Gasteiger partial charge in [0.2, 0.25) is 5.88 Å². The molecular formula is C22H14F5N3O3. The number of hydrogen-bond acceptors (Lipinski definition) is 5. The van der Waals surface area contributed by atoms with E-state index in [4.69, 9.17) is 4.74 Å². The highest BCUT2D eigenvalue weighted by molar-refractivity contribution is 5.91. The summed E-state index contributed by atoms with van der Waals surface area (Å²) in [7, 11) is 0. The molecule has 6 nitrogen and oxygen atoms in total. The Morgan fingerprint density at radius 1 is 0.909 bits per heavy atom. The van der Waals surface area contributed by atoms with Gasteiger partial charge in [-0.15, -0.1) is 0 Å². The van der Waals surface area contributed by atoms with E-state index in [1.54, 1.807) is 0 Å². The van der Waals surface area contributed by atoms with E-state index in [1.807, 2.05) is 0 Å². The molecule has 0 radical (unpaired) electrons. The van der Waals surface area contributed by atoms with E-state index >= 15 is 0 Å². The highest BCUT2D eigenvalue weighted by Crippen LogP contribution is 2.28. The lowest BCUT2D eigenvalue weighted by Gasteiger charge is -2.13. The van der Waals surface area contributed by atoms with Crippen LogP contribution in [0.25, 0.3) is 27.8 Å². The molecule has 0 saturated carbocycles. The molecule has 0 atom stereocenters. The molecule has 4 rings (SSSR count). The van der Waals surface area contributed by atoms with E-state index in [9.17, 15) is 26.7 Å². The van der Waals surface area contributed by atoms with E-state index < -0.39 is 31.0 Å². The lowest BCUT2D eigenvalue weighted by atomic mass is 10.1. The van der Waals surface area contributed by atoms with Gasteiger partial charge >= 0.3 is 6.61 Å². The first-order chi connectivity index (χ1) is 15.8. The van der Waals surface area contributed by atoms with Crippen molar-refractivity contribution in [3.05, 3.63) is 76.8 Å². The second kappa shape index (κ2) is 9.23.